The van der Waals surface area contributed by atoms with Crippen molar-refractivity contribution in [2.24, 2.45) is 0 Å². The zero-order valence-electron chi connectivity index (χ0n) is 15.8. The predicted molar refractivity (Wildman–Crippen MR) is 106 cm³/mol. The van der Waals surface area contributed by atoms with E-state index in [1.807, 2.05) is 0 Å². The number of hydrogen-bond donors (Lipinski definition) is 0. The Morgan fingerprint density at radius 2 is 1.79 bits per heavy atom. The van der Waals surface area contributed by atoms with Crippen molar-refractivity contribution in [2.45, 2.75) is 17.9 Å². The van der Waals surface area contributed by atoms with E-state index in [9.17, 15) is 23.3 Å². The molecule has 0 aromatic heterocycles. The lowest BCUT2D eigenvalue weighted by Gasteiger charge is -2.25. The minimum Gasteiger partial charge on any atom is -0.335 e. The number of carbonyl (C=O) groups excluding carboxylic acids is 1. The smallest absolute Gasteiger partial charge is 0.269 e. The standard InChI is InChI=1S/C18H20ClN3O5S/c1-12(13-6-5-7-15(10-13)22(24)25)21(4)18(23)14-8-9-16(19)17(11-14)28(26,27)20(2)3/h5-12H,1-4H3. The zero-order chi connectivity index (χ0) is 21.2. The molecule has 8 nitrogen and oxygen atoms in total. The van der Waals surface area contributed by atoms with Gasteiger partial charge < -0.3 is 4.90 Å². The average molecular weight is 426 g/mol. The van der Waals surface area contributed by atoms with Crippen molar-refractivity contribution in [3.05, 3.63) is 68.7 Å². The molecule has 0 fully saturated rings. The average Bonchev–Trinajstić information content (AvgIpc) is 2.66. The van der Waals surface area contributed by atoms with Crippen molar-refractivity contribution in [3.8, 4) is 0 Å². The monoisotopic (exact) mass is 425 g/mol. The molecule has 2 aromatic rings. The van der Waals surface area contributed by atoms with Crippen LogP contribution in [-0.2, 0) is 10.0 Å². The summed E-state index contributed by atoms with van der Waals surface area (Å²) in [5.41, 5.74) is 0.654. The van der Waals surface area contributed by atoms with Gasteiger partial charge in [-0.25, -0.2) is 12.7 Å². The highest BCUT2D eigenvalue weighted by molar-refractivity contribution is 7.89. The van der Waals surface area contributed by atoms with Gasteiger partial charge >= 0.3 is 0 Å². The number of rotatable bonds is 6. The highest BCUT2D eigenvalue weighted by Crippen LogP contribution is 2.28. The summed E-state index contributed by atoms with van der Waals surface area (Å²) in [6, 6.07) is 9.56. The van der Waals surface area contributed by atoms with Crippen molar-refractivity contribution in [3.63, 3.8) is 0 Å². The Kier molecular flexibility index (Phi) is 6.43. The molecule has 2 aromatic carbocycles. The molecule has 2 rings (SSSR count). The molecule has 0 aliphatic rings. The number of hydrogen-bond acceptors (Lipinski definition) is 5. The van der Waals surface area contributed by atoms with Crippen LogP contribution in [0.15, 0.2) is 47.4 Å². The van der Waals surface area contributed by atoms with Crippen LogP contribution in [-0.4, -0.2) is 49.6 Å². The molecule has 0 saturated carbocycles. The van der Waals surface area contributed by atoms with Crippen LogP contribution in [0.2, 0.25) is 5.02 Å². The molecule has 1 unspecified atom stereocenters. The Hall–Kier alpha value is -2.49. The Bertz CT molecular complexity index is 1020. The van der Waals surface area contributed by atoms with Crippen molar-refractivity contribution in [1.82, 2.24) is 9.21 Å². The fourth-order valence-electron chi connectivity index (χ4n) is 2.53. The summed E-state index contributed by atoms with van der Waals surface area (Å²) >= 11 is 6.02. The first kappa shape index (κ1) is 21.8. The fraction of sp³-hybridized carbons (Fsp3) is 0.278. The number of benzene rings is 2. The molecule has 0 bridgehead atoms. The van der Waals surface area contributed by atoms with Gasteiger partial charge in [-0.1, -0.05) is 23.7 Å². The maximum atomic E-state index is 12.9. The maximum Gasteiger partial charge on any atom is 0.269 e. The number of nitro benzene ring substituents is 1. The van der Waals surface area contributed by atoms with Gasteiger partial charge in [0.15, 0.2) is 0 Å². The maximum absolute atomic E-state index is 12.9. The second-order valence-corrected chi connectivity index (χ2v) is 8.90. The van der Waals surface area contributed by atoms with E-state index in [0.717, 1.165) is 4.31 Å². The van der Waals surface area contributed by atoms with Crippen LogP contribution in [0.3, 0.4) is 0 Å². The van der Waals surface area contributed by atoms with Gasteiger partial charge in [-0.15, -0.1) is 0 Å². The normalized spacial score (nSPS) is 12.6. The molecular formula is C18H20ClN3O5S. The van der Waals surface area contributed by atoms with Crippen molar-refractivity contribution >= 4 is 33.2 Å². The molecule has 1 atom stereocenters. The Morgan fingerprint density at radius 1 is 1.14 bits per heavy atom. The van der Waals surface area contributed by atoms with Gasteiger partial charge in [0.2, 0.25) is 10.0 Å². The Labute approximate surface area is 168 Å². The second-order valence-electron chi connectivity index (χ2n) is 6.38. The molecule has 150 valence electrons. The summed E-state index contributed by atoms with van der Waals surface area (Å²) < 4.78 is 25.8. The molecule has 0 aliphatic carbocycles. The topological polar surface area (TPSA) is 101 Å². The highest BCUT2D eigenvalue weighted by atomic mass is 35.5. The van der Waals surface area contributed by atoms with E-state index < -0.39 is 26.9 Å². The Balaban J connectivity index is 2.38. The van der Waals surface area contributed by atoms with E-state index >= 15 is 0 Å². The number of amides is 1. The first-order valence-corrected chi connectivity index (χ1v) is 10.0. The van der Waals surface area contributed by atoms with Gasteiger partial charge in [-0.3, -0.25) is 14.9 Å². The van der Waals surface area contributed by atoms with Gasteiger partial charge in [0.05, 0.1) is 16.0 Å². The van der Waals surface area contributed by atoms with E-state index in [4.69, 9.17) is 11.6 Å². The van der Waals surface area contributed by atoms with Crippen LogP contribution in [0.25, 0.3) is 0 Å². The van der Waals surface area contributed by atoms with Crippen molar-refractivity contribution in [1.29, 1.82) is 0 Å². The quantitative estimate of drug-likeness (QED) is 0.521. The summed E-state index contributed by atoms with van der Waals surface area (Å²) in [6.45, 7) is 1.73. The molecule has 1 amide bonds. The van der Waals surface area contributed by atoms with E-state index in [1.165, 1.54) is 49.3 Å². The molecular weight excluding hydrogens is 406 g/mol. The fourth-order valence-corrected chi connectivity index (χ4v) is 3.93. The number of non-ortho nitro benzene ring substituents is 1. The number of carbonyl (C=O) groups is 1. The summed E-state index contributed by atoms with van der Waals surface area (Å²) in [6.07, 6.45) is 0. The molecule has 28 heavy (non-hydrogen) atoms. The lowest BCUT2D eigenvalue weighted by atomic mass is 10.1. The van der Waals surface area contributed by atoms with Gasteiger partial charge in [0.1, 0.15) is 4.90 Å². The third-order valence-corrected chi connectivity index (χ3v) is 6.70. The molecule has 0 aliphatic heterocycles. The summed E-state index contributed by atoms with van der Waals surface area (Å²) in [5, 5.41) is 11.0. The largest absolute Gasteiger partial charge is 0.335 e. The molecule has 0 spiro atoms. The molecule has 0 radical (unpaired) electrons. The first-order chi connectivity index (χ1) is 13.0. The molecule has 0 N–H and O–H groups in total. The lowest BCUT2D eigenvalue weighted by Crippen LogP contribution is -2.30. The van der Waals surface area contributed by atoms with E-state index in [0.29, 0.717) is 5.56 Å². The van der Waals surface area contributed by atoms with Crippen LogP contribution in [0.5, 0.6) is 0 Å². The molecule has 10 heteroatoms. The molecule has 0 saturated heterocycles. The number of nitro groups is 1. The minimum absolute atomic E-state index is 0.0136. The number of sulfonamides is 1. The van der Waals surface area contributed by atoms with Crippen LogP contribution >= 0.6 is 11.6 Å². The number of halogens is 1. The van der Waals surface area contributed by atoms with Gasteiger partial charge in [0, 0.05) is 38.8 Å². The van der Waals surface area contributed by atoms with E-state index in [2.05, 4.69) is 0 Å². The van der Waals surface area contributed by atoms with Gasteiger partial charge in [-0.2, -0.15) is 0 Å². The van der Waals surface area contributed by atoms with Crippen molar-refractivity contribution in [2.75, 3.05) is 21.1 Å². The Morgan fingerprint density at radius 3 is 2.36 bits per heavy atom. The SMILES string of the molecule is CC(c1cccc([N+](=O)[O-])c1)N(C)C(=O)c1ccc(Cl)c(S(=O)(=O)N(C)C)c1. The van der Waals surface area contributed by atoms with Crippen LogP contribution in [0.1, 0.15) is 28.9 Å². The third-order valence-electron chi connectivity index (χ3n) is 4.40. The van der Waals surface area contributed by atoms with E-state index in [1.54, 1.807) is 26.1 Å². The van der Waals surface area contributed by atoms with Gasteiger partial charge in [-0.05, 0) is 30.7 Å². The number of nitrogens with zero attached hydrogens (tertiary/aromatic N) is 3. The predicted octanol–water partition coefficient (Wildman–Crippen LogP) is 3.33. The van der Waals surface area contributed by atoms with Crippen LogP contribution in [0.4, 0.5) is 5.69 Å². The zero-order valence-corrected chi connectivity index (χ0v) is 17.4. The first-order valence-electron chi connectivity index (χ1n) is 8.20. The molecule has 0 heterocycles. The van der Waals surface area contributed by atoms with Gasteiger partial charge in [0.25, 0.3) is 11.6 Å². The summed E-state index contributed by atoms with van der Waals surface area (Å²) in [4.78, 5) is 24.6. The third kappa shape index (κ3) is 4.32. The highest BCUT2D eigenvalue weighted by Gasteiger charge is 2.25. The van der Waals surface area contributed by atoms with Crippen LogP contribution < -0.4 is 0 Å². The minimum atomic E-state index is -3.82. The van der Waals surface area contributed by atoms with Crippen LogP contribution in [0, 0.1) is 10.1 Å². The second kappa shape index (κ2) is 8.26. The summed E-state index contributed by atoms with van der Waals surface area (Å²) in [5.74, 6) is -0.439. The summed E-state index contributed by atoms with van der Waals surface area (Å²) in [7, 11) is 0.464. The van der Waals surface area contributed by atoms with E-state index in [-0.39, 0.29) is 21.2 Å². The van der Waals surface area contributed by atoms with Crippen molar-refractivity contribution < 1.29 is 18.1 Å². The lowest BCUT2D eigenvalue weighted by molar-refractivity contribution is -0.384.